The summed E-state index contributed by atoms with van der Waals surface area (Å²) < 4.78 is 8.36. The highest BCUT2D eigenvalue weighted by Gasteiger charge is 2.32. The molecule has 1 amide bonds. The molecule has 1 aliphatic heterocycles. The molecule has 0 aromatic carbocycles. The summed E-state index contributed by atoms with van der Waals surface area (Å²) in [6, 6.07) is 0. The second-order valence-corrected chi connectivity index (χ2v) is 6.39. The van der Waals surface area contributed by atoms with Crippen LogP contribution in [0.4, 0.5) is 0 Å². The van der Waals surface area contributed by atoms with Crippen molar-refractivity contribution in [3.63, 3.8) is 0 Å². The van der Waals surface area contributed by atoms with Crippen LogP contribution >= 0.6 is 15.9 Å². The molecule has 112 valence electrons. The van der Waals surface area contributed by atoms with Gasteiger partial charge in [0.1, 0.15) is 4.60 Å². The van der Waals surface area contributed by atoms with Crippen LogP contribution in [0.15, 0.2) is 17.0 Å². The van der Waals surface area contributed by atoms with Crippen molar-refractivity contribution in [2.24, 2.45) is 0 Å². The monoisotopic (exact) mass is 352 g/mol. The Hall–Kier alpha value is -1.63. The van der Waals surface area contributed by atoms with E-state index in [2.05, 4.69) is 39.7 Å². The second kappa shape index (κ2) is 5.29. The number of ether oxygens (including phenoxy) is 1. The number of imidazole rings is 1. The molecule has 21 heavy (non-hydrogen) atoms. The lowest BCUT2D eigenvalue weighted by molar-refractivity contribution is -0.132. The number of rotatable bonds is 3. The topological polar surface area (TPSA) is 59.7 Å². The van der Waals surface area contributed by atoms with Crippen LogP contribution in [0.5, 0.6) is 5.88 Å². The SMILES string of the molecule is CC(C)c1cn2cc(Br)nc(OC3CCN(C)C3=O)c2n1. The van der Waals surface area contributed by atoms with Crippen molar-refractivity contribution < 1.29 is 9.53 Å². The summed E-state index contributed by atoms with van der Waals surface area (Å²) in [5, 5.41) is 0. The van der Waals surface area contributed by atoms with E-state index in [1.807, 2.05) is 16.8 Å². The number of carbonyl (C=O) groups is 1. The van der Waals surface area contributed by atoms with E-state index in [1.165, 1.54) is 0 Å². The van der Waals surface area contributed by atoms with Gasteiger partial charge in [-0.1, -0.05) is 13.8 Å². The third-order valence-corrected chi connectivity index (χ3v) is 4.00. The Morgan fingerprint density at radius 2 is 2.14 bits per heavy atom. The average Bonchev–Trinajstić information content (AvgIpc) is 2.97. The van der Waals surface area contributed by atoms with Crippen molar-refractivity contribution in [3.8, 4) is 5.88 Å². The lowest BCUT2D eigenvalue weighted by Gasteiger charge is -2.12. The molecule has 2 aromatic rings. The van der Waals surface area contributed by atoms with Crippen LogP contribution in [-0.2, 0) is 4.79 Å². The fraction of sp³-hybridized carbons (Fsp3) is 0.500. The molecule has 1 saturated heterocycles. The molecule has 0 bridgehead atoms. The zero-order chi connectivity index (χ0) is 15.1. The van der Waals surface area contributed by atoms with E-state index in [9.17, 15) is 4.79 Å². The maximum Gasteiger partial charge on any atom is 0.263 e. The van der Waals surface area contributed by atoms with Crippen LogP contribution in [0, 0.1) is 0 Å². The molecule has 0 radical (unpaired) electrons. The number of likely N-dealkylation sites (N-methyl/N-ethyl adjacent to an activating group) is 1. The predicted octanol–water partition coefficient (Wildman–Crippen LogP) is 2.22. The molecule has 1 unspecified atom stereocenters. The summed E-state index contributed by atoms with van der Waals surface area (Å²) in [5.74, 6) is 0.700. The molecule has 1 aliphatic rings. The summed E-state index contributed by atoms with van der Waals surface area (Å²) in [6.45, 7) is 4.87. The van der Waals surface area contributed by atoms with Gasteiger partial charge >= 0.3 is 0 Å². The molecule has 7 heteroatoms. The Labute approximate surface area is 131 Å². The smallest absolute Gasteiger partial charge is 0.263 e. The first-order valence-electron chi connectivity index (χ1n) is 6.92. The summed E-state index contributed by atoms with van der Waals surface area (Å²) in [4.78, 5) is 22.6. The first kappa shape index (κ1) is 14.3. The van der Waals surface area contributed by atoms with Crippen molar-refractivity contribution >= 4 is 27.5 Å². The lowest BCUT2D eigenvalue weighted by atomic mass is 10.2. The highest BCUT2D eigenvalue weighted by atomic mass is 79.9. The van der Waals surface area contributed by atoms with Gasteiger partial charge < -0.3 is 9.64 Å². The number of likely N-dealkylation sites (tertiary alicyclic amines) is 1. The van der Waals surface area contributed by atoms with E-state index < -0.39 is 6.10 Å². The van der Waals surface area contributed by atoms with Gasteiger partial charge in [-0.3, -0.25) is 9.20 Å². The third kappa shape index (κ3) is 2.62. The van der Waals surface area contributed by atoms with Crippen molar-refractivity contribution in [3.05, 3.63) is 22.7 Å². The number of carbonyl (C=O) groups excluding carboxylic acids is 1. The minimum absolute atomic E-state index is 0.00874. The molecule has 0 aliphatic carbocycles. The second-order valence-electron chi connectivity index (χ2n) is 5.58. The predicted molar refractivity (Wildman–Crippen MR) is 81.4 cm³/mol. The summed E-state index contributed by atoms with van der Waals surface area (Å²) >= 11 is 3.37. The molecule has 3 heterocycles. The van der Waals surface area contributed by atoms with Gasteiger partial charge in [0.05, 0.1) is 5.69 Å². The number of fused-ring (bicyclic) bond motifs is 1. The molecular weight excluding hydrogens is 336 g/mol. The third-order valence-electron chi connectivity index (χ3n) is 3.62. The van der Waals surface area contributed by atoms with Crippen LogP contribution < -0.4 is 4.74 Å². The minimum Gasteiger partial charge on any atom is -0.461 e. The van der Waals surface area contributed by atoms with Crippen molar-refractivity contribution in [1.29, 1.82) is 0 Å². The van der Waals surface area contributed by atoms with E-state index in [0.717, 1.165) is 5.69 Å². The fourth-order valence-electron chi connectivity index (χ4n) is 2.35. The quantitative estimate of drug-likeness (QED) is 0.849. The van der Waals surface area contributed by atoms with Gasteiger partial charge in [-0.05, 0) is 21.8 Å². The van der Waals surface area contributed by atoms with Crippen LogP contribution in [0.25, 0.3) is 5.65 Å². The van der Waals surface area contributed by atoms with Crippen LogP contribution in [-0.4, -0.2) is 44.9 Å². The molecule has 3 rings (SSSR count). The number of hydrogen-bond acceptors (Lipinski definition) is 4. The van der Waals surface area contributed by atoms with Gasteiger partial charge in [0.25, 0.3) is 11.8 Å². The molecule has 6 nitrogen and oxygen atoms in total. The highest BCUT2D eigenvalue weighted by molar-refractivity contribution is 9.10. The van der Waals surface area contributed by atoms with E-state index in [4.69, 9.17) is 4.74 Å². The molecule has 1 atom stereocenters. The van der Waals surface area contributed by atoms with Gasteiger partial charge in [-0.25, -0.2) is 9.97 Å². The maximum absolute atomic E-state index is 12.0. The number of nitrogens with zero attached hydrogens (tertiary/aromatic N) is 4. The van der Waals surface area contributed by atoms with Gasteiger partial charge in [0.15, 0.2) is 6.10 Å². The largest absolute Gasteiger partial charge is 0.461 e. The van der Waals surface area contributed by atoms with Crippen molar-refractivity contribution in [2.45, 2.75) is 32.3 Å². The Morgan fingerprint density at radius 3 is 2.76 bits per heavy atom. The van der Waals surface area contributed by atoms with Gasteiger partial charge in [-0.15, -0.1) is 0 Å². The van der Waals surface area contributed by atoms with E-state index in [1.54, 1.807) is 11.9 Å². The summed E-state index contributed by atoms with van der Waals surface area (Å²) in [6.07, 6.45) is 4.00. The van der Waals surface area contributed by atoms with Crippen LogP contribution in [0.1, 0.15) is 31.9 Å². The number of aromatic nitrogens is 3. The number of hydrogen-bond donors (Lipinski definition) is 0. The lowest BCUT2D eigenvalue weighted by Crippen LogP contribution is -2.29. The molecule has 0 spiro atoms. The Morgan fingerprint density at radius 1 is 1.38 bits per heavy atom. The summed E-state index contributed by atoms with van der Waals surface area (Å²) in [7, 11) is 1.78. The van der Waals surface area contributed by atoms with Gasteiger partial charge in [-0.2, -0.15) is 0 Å². The number of amides is 1. The van der Waals surface area contributed by atoms with Gasteiger partial charge in [0, 0.05) is 32.4 Å². The zero-order valence-corrected chi connectivity index (χ0v) is 13.8. The minimum atomic E-state index is -0.472. The van der Waals surface area contributed by atoms with Crippen molar-refractivity contribution in [2.75, 3.05) is 13.6 Å². The summed E-state index contributed by atoms with van der Waals surface area (Å²) in [5.41, 5.74) is 1.61. The number of halogens is 1. The fourth-order valence-corrected chi connectivity index (χ4v) is 2.73. The van der Waals surface area contributed by atoms with Gasteiger partial charge in [0.2, 0.25) is 5.65 Å². The first-order valence-corrected chi connectivity index (χ1v) is 7.72. The normalized spacial score (nSPS) is 19.0. The average molecular weight is 353 g/mol. The highest BCUT2D eigenvalue weighted by Crippen LogP contribution is 2.25. The van der Waals surface area contributed by atoms with E-state index in [-0.39, 0.29) is 5.91 Å². The standard InChI is InChI=1S/C14H17BrN4O2/c1-8(2)9-6-19-7-11(15)17-13(12(19)16-9)21-10-4-5-18(3)14(10)20/h6-8,10H,4-5H2,1-3H3. The van der Waals surface area contributed by atoms with Crippen LogP contribution in [0.3, 0.4) is 0 Å². The molecule has 1 fully saturated rings. The van der Waals surface area contributed by atoms with Crippen LogP contribution in [0.2, 0.25) is 0 Å². The maximum atomic E-state index is 12.0. The Balaban J connectivity index is 1.99. The first-order chi connectivity index (χ1) is 9.95. The van der Waals surface area contributed by atoms with E-state index in [0.29, 0.717) is 35.0 Å². The molecule has 0 saturated carbocycles. The Bertz CT molecular complexity index is 698. The molecular formula is C14H17BrN4O2. The molecule has 2 aromatic heterocycles. The molecule has 0 N–H and O–H groups in total. The Kier molecular flexibility index (Phi) is 3.61. The van der Waals surface area contributed by atoms with Crippen molar-refractivity contribution in [1.82, 2.24) is 19.3 Å². The van der Waals surface area contributed by atoms with E-state index >= 15 is 0 Å². The zero-order valence-electron chi connectivity index (χ0n) is 12.2.